The van der Waals surface area contributed by atoms with Gasteiger partial charge in [0.15, 0.2) is 0 Å². The van der Waals surface area contributed by atoms with Gasteiger partial charge in [-0.05, 0) is 36.4 Å². The minimum absolute atomic E-state index is 0.0315. The topological polar surface area (TPSA) is 64.1 Å². The Hall–Kier alpha value is -2.08. The number of amides is 1. The lowest BCUT2D eigenvalue weighted by Crippen LogP contribution is -2.19. The Morgan fingerprint density at radius 1 is 1.20 bits per heavy atom. The second-order valence-corrected chi connectivity index (χ2v) is 4.94. The van der Waals surface area contributed by atoms with Crippen LogP contribution in [0.4, 0.5) is 0 Å². The number of thioether (sulfide) groups is 1. The summed E-state index contributed by atoms with van der Waals surface area (Å²) in [7, 11) is 3.24. The lowest BCUT2D eigenvalue weighted by molar-refractivity contribution is -0.118. The van der Waals surface area contributed by atoms with Crippen molar-refractivity contribution in [3.63, 3.8) is 0 Å². The number of rotatable bonds is 5. The van der Waals surface area contributed by atoms with Gasteiger partial charge in [0.25, 0.3) is 0 Å². The summed E-state index contributed by atoms with van der Waals surface area (Å²) in [6.07, 6.45) is 0. The van der Waals surface area contributed by atoms with Gasteiger partial charge in [0.05, 0.1) is 18.6 Å². The first-order valence-electron chi connectivity index (χ1n) is 6.04. The van der Waals surface area contributed by atoms with Crippen molar-refractivity contribution in [1.29, 1.82) is 0 Å². The first kappa shape index (κ1) is 14.3. The summed E-state index contributed by atoms with van der Waals surface area (Å²) in [4.78, 5) is 11.1. The van der Waals surface area contributed by atoms with E-state index in [4.69, 9.17) is 4.74 Å². The van der Waals surface area contributed by atoms with Crippen molar-refractivity contribution in [3.8, 4) is 17.0 Å². The number of hydrogen-bond acceptors (Lipinski definition) is 5. The molecule has 0 aliphatic rings. The van der Waals surface area contributed by atoms with Gasteiger partial charge in [-0.3, -0.25) is 4.79 Å². The molecular formula is C14H15N3O2S. The number of methoxy groups -OCH3 is 1. The monoisotopic (exact) mass is 289 g/mol. The fourth-order valence-corrected chi connectivity index (χ4v) is 2.21. The highest BCUT2D eigenvalue weighted by Gasteiger charge is 2.04. The molecule has 0 spiro atoms. The summed E-state index contributed by atoms with van der Waals surface area (Å²) in [6, 6.07) is 11.4. The van der Waals surface area contributed by atoms with E-state index in [2.05, 4.69) is 15.5 Å². The Bertz CT molecular complexity index is 570. The van der Waals surface area contributed by atoms with Crippen molar-refractivity contribution in [1.82, 2.24) is 15.5 Å². The number of nitrogens with zero attached hydrogens (tertiary/aromatic N) is 2. The predicted octanol–water partition coefficient (Wildman–Crippen LogP) is 1.99. The molecule has 2 rings (SSSR count). The van der Waals surface area contributed by atoms with Crippen LogP contribution in [-0.2, 0) is 4.79 Å². The van der Waals surface area contributed by atoms with E-state index >= 15 is 0 Å². The quantitative estimate of drug-likeness (QED) is 0.853. The molecule has 6 heteroatoms. The van der Waals surface area contributed by atoms with Crippen LogP contribution in [0.2, 0.25) is 0 Å². The first-order chi connectivity index (χ1) is 9.72. The van der Waals surface area contributed by atoms with E-state index in [0.29, 0.717) is 5.75 Å². The van der Waals surface area contributed by atoms with Crippen LogP contribution in [0.3, 0.4) is 0 Å². The highest BCUT2D eigenvalue weighted by atomic mass is 32.2. The molecule has 0 aliphatic heterocycles. The van der Waals surface area contributed by atoms with Crippen LogP contribution in [0.1, 0.15) is 0 Å². The van der Waals surface area contributed by atoms with E-state index < -0.39 is 0 Å². The number of ether oxygens (including phenoxy) is 1. The molecular weight excluding hydrogens is 274 g/mol. The number of nitrogens with one attached hydrogen (secondary N) is 1. The molecule has 1 heterocycles. The molecule has 0 unspecified atom stereocenters. The highest BCUT2D eigenvalue weighted by Crippen LogP contribution is 2.21. The second-order valence-electron chi connectivity index (χ2n) is 3.95. The second kappa shape index (κ2) is 6.91. The van der Waals surface area contributed by atoms with Crippen LogP contribution in [0, 0.1) is 0 Å². The van der Waals surface area contributed by atoms with Gasteiger partial charge in [0, 0.05) is 12.6 Å². The molecule has 104 valence electrons. The average Bonchev–Trinajstić information content (AvgIpc) is 2.53. The van der Waals surface area contributed by atoms with Gasteiger partial charge >= 0.3 is 0 Å². The molecule has 0 fully saturated rings. The maximum absolute atomic E-state index is 11.1. The largest absolute Gasteiger partial charge is 0.497 e. The van der Waals surface area contributed by atoms with E-state index in [1.165, 1.54) is 11.8 Å². The number of carbonyl (C=O) groups is 1. The van der Waals surface area contributed by atoms with Crippen molar-refractivity contribution < 1.29 is 9.53 Å². The normalized spacial score (nSPS) is 10.1. The Balaban J connectivity index is 2.05. The van der Waals surface area contributed by atoms with Crippen LogP contribution in [-0.4, -0.2) is 36.0 Å². The summed E-state index contributed by atoms with van der Waals surface area (Å²) >= 11 is 1.36. The third-order valence-electron chi connectivity index (χ3n) is 2.66. The van der Waals surface area contributed by atoms with Crippen LogP contribution in [0.5, 0.6) is 5.75 Å². The maximum atomic E-state index is 11.1. The lowest BCUT2D eigenvalue weighted by atomic mass is 10.1. The standard InChI is InChI=1S/C14H15N3O2S/c1-15-13(18)9-20-14-8-7-12(16-17-14)10-3-5-11(19-2)6-4-10/h3-8H,9H2,1-2H3,(H,15,18). The van der Waals surface area contributed by atoms with Crippen LogP contribution < -0.4 is 10.1 Å². The zero-order valence-corrected chi connectivity index (χ0v) is 12.1. The molecule has 1 N–H and O–H groups in total. The van der Waals surface area contributed by atoms with Gasteiger partial charge in [0.1, 0.15) is 10.8 Å². The Kier molecular flexibility index (Phi) is 4.95. The van der Waals surface area contributed by atoms with Crippen LogP contribution in [0.15, 0.2) is 41.4 Å². The Labute approximate surface area is 121 Å². The lowest BCUT2D eigenvalue weighted by Gasteiger charge is -2.03. The molecule has 0 saturated carbocycles. The molecule has 1 aromatic carbocycles. The molecule has 2 aromatic rings. The minimum Gasteiger partial charge on any atom is -0.497 e. The number of carbonyl (C=O) groups excluding carboxylic acids is 1. The first-order valence-corrected chi connectivity index (χ1v) is 7.03. The van der Waals surface area contributed by atoms with E-state index in [-0.39, 0.29) is 5.91 Å². The highest BCUT2D eigenvalue weighted by molar-refractivity contribution is 7.99. The summed E-state index contributed by atoms with van der Waals surface area (Å²) in [5, 5.41) is 11.6. The Morgan fingerprint density at radius 2 is 1.95 bits per heavy atom. The summed E-state index contributed by atoms with van der Waals surface area (Å²) in [5.74, 6) is 1.11. The summed E-state index contributed by atoms with van der Waals surface area (Å²) < 4.78 is 5.11. The fourth-order valence-electron chi connectivity index (χ4n) is 1.52. The molecule has 0 radical (unpaired) electrons. The van der Waals surface area contributed by atoms with Gasteiger partial charge in [-0.2, -0.15) is 0 Å². The zero-order valence-electron chi connectivity index (χ0n) is 11.3. The molecule has 0 bridgehead atoms. The van der Waals surface area contributed by atoms with Crippen LogP contribution >= 0.6 is 11.8 Å². The summed E-state index contributed by atoms with van der Waals surface area (Å²) in [5.41, 5.74) is 1.76. The van der Waals surface area contributed by atoms with Gasteiger partial charge in [-0.1, -0.05) is 11.8 Å². The number of aromatic nitrogens is 2. The van der Waals surface area contributed by atoms with Crippen molar-refractivity contribution >= 4 is 17.7 Å². The number of benzene rings is 1. The minimum atomic E-state index is -0.0315. The molecule has 0 atom stereocenters. The smallest absolute Gasteiger partial charge is 0.230 e. The van der Waals surface area contributed by atoms with E-state index in [9.17, 15) is 4.79 Å². The fraction of sp³-hybridized carbons (Fsp3) is 0.214. The SMILES string of the molecule is CNC(=O)CSc1ccc(-c2ccc(OC)cc2)nn1. The zero-order chi connectivity index (χ0) is 14.4. The average molecular weight is 289 g/mol. The maximum Gasteiger partial charge on any atom is 0.230 e. The molecule has 1 amide bonds. The van der Waals surface area contributed by atoms with Gasteiger partial charge in [0.2, 0.25) is 5.91 Å². The van der Waals surface area contributed by atoms with Crippen molar-refractivity contribution in [3.05, 3.63) is 36.4 Å². The molecule has 20 heavy (non-hydrogen) atoms. The van der Waals surface area contributed by atoms with E-state index in [1.807, 2.05) is 36.4 Å². The van der Waals surface area contributed by atoms with E-state index in [0.717, 1.165) is 22.0 Å². The number of hydrogen-bond donors (Lipinski definition) is 1. The van der Waals surface area contributed by atoms with Crippen molar-refractivity contribution in [2.24, 2.45) is 0 Å². The van der Waals surface area contributed by atoms with Crippen molar-refractivity contribution in [2.45, 2.75) is 5.03 Å². The van der Waals surface area contributed by atoms with Crippen LogP contribution in [0.25, 0.3) is 11.3 Å². The third-order valence-corrected chi connectivity index (χ3v) is 3.58. The summed E-state index contributed by atoms with van der Waals surface area (Å²) in [6.45, 7) is 0. The van der Waals surface area contributed by atoms with E-state index in [1.54, 1.807) is 14.2 Å². The Morgan fingerprint density at radius 3 is 2.50 bits per heavy atom. The van der Waals surface area contributed by atoms with Crippen molar-refractivity contribution in [2.75, 3.05) is 19.9 Å². The predicted molar refractivity (Wildman–Crippen MR) is 78.8 cm³/mol. The van der Waals surface area contributed by atoms with Gasteiger partial charge < -0.3 is 10.1 Å². The molecule has 5 nitrogen and oxygen atoms in total. The van der Waals surface area contributed by atoms with Gasteiger partial charge in [-0.15, -0.1) is 10.2 Å². The third kappa shape index (κ3) is 3.71. The molecule has 0 saturated heterocycles. The molecule has 1 aromatic heterocycles. The molecule has 0 aliphatic carbocycles. The van der Waals surface area contributed by atoms with Gasteiger partial charge in [-0.25, -0.2) is 0 Å².